The number of amides is 1. The number of nitrogens with zero attached hydrogens (tertiary/aromatic N) is 2. The van der Waals surface area contributed by atoms with Crippen LogP contribution in [-0.4, -0.2) is 24.3 Å². The number of rotatable bonds is 7. The smallest absolute Gasteiger partial charge is 0.332 e. The summed E-state index contributed by atoms with van der Waals surface area (Å²) in [5, 5.41) is 3.40. The number of hydrogen-bond acceptors (Lipinski definition) is 8. The van der Waals surface area contributed by atoms with Crippen LogP contribution in [0.4, 0.5) is 21.3 Å². The highest BCUT2D eigenvalue weighted by atomic mass is 35.5. The van der Waals surface area contributed by atoms with Crippen LogP contribution >= 0.6 is 23.2 Å². The van der Waals surface area contributed by atoms with E-state index >= 15 is 0 Å². The van der Waals surface area contributed by atoms with Crippen LogP contribution in [0.1, 0.15) is 27.2 Å². The average molecular weight is 590 g/mol. The molecule has 0 saturated heterocycles. The molecule has 13 heteroatoms. The molecule has 0 aliphatic heterocycles. The minimum absolute atomic E-state index is 0.00954. The Labute approximate surface area is 234 Å². The Kier molecular flexibility index (Phi) is 7.96. The van der Waals surface area contributed by atoms with Gasteiger partial charge in [-0.3, -0.25) is 4.79 Å². The molecule has 0 unspecified atom stereocenters. The first-order valence-corrected chi connectivity index (χ1v) is 13.4. The minimum atomic E-state index is -4.94. The molecule has 202 valence electrons. The van der Waals surface area contributed by atoms with Gasteiger partial charge < -0.3 is 21.5 Å². The molecule has 0 fully saturated rings. The molecule has 0 atom stereocenters. The Morgan fingerprint density at radius 1 is 1.00 bits per heavy atom. The summed E-state index contributed by atoms with van der Waals surface area (Å²) in [4.78, 5) is 20.4. The van der Waals surface area contributed by atoms with Gasteiger partial charge in [0.15, 0.2) is 0 Å². The number of aromatic nitrogens is 2. The van der Waals surface area contributed by atoms with E-state index in [1.807, 2.05) is 0 Å². The Morgan fingerprint density at radius 3 is 2.33 bits per heavy atom. The first kappa shape index (κ1) is 28.1. The molecule has 0 bridgehead atoms. The molecule has 1 aromatic heterocycles. The van der Waals surface area contributed by atoms with Crippen LogP contribution in [0.2, 0.25) is 10.0 Å². The van der Waals surface area contributed by atoms with Crippen molar-refractivity contribution in [3.8, 4) is 16.9 Å². The summed E-state index contributed by atoms with van der Waals surface area (Å²) in [6.45, 7) is 3.57. The number of aryl methyl sites for hydroxylation is 2. The number of nitrogen functional groups attached to an aromatic ring is 2. The van der Waals surface area contributed by atoms with Gasteiger partial charge in [0.2, 0.25) is 5.95 Å². The van der Waals surface area contributed by atoms with Crippen LogP contribution in [0.25, 0.3) is 11.1 Å². The van der Waals surface area contributed by atoms with E-state index in [0.29, 0.717) is 49.4 Å². The van der Waals surface area contributed by atoms with Gasteiger partial charge in [0, 0.05) is 16.8 Å². The lowest BCUT2D eigenvalue weighted by Gasteiger charge is -2.17. The Bertz CT molecular complexity index is 1690. The van der Waals surface area contributed by atoms with E-state index < -0.39 is 21.0 Å². The van der Waals surface area contributed by atoms with Crippen LogP contribution in [-0.2, 0) is 16.8 Å². The zero-order chi connectivity index (χ0) is 28.5. The van der Waals surface area contributed by atoms with Crippen molar-refractivity contribution in [1.82, 2.24) is 9.97 Å². The predicted octanol–water partition coefficient (Wildman–Crippen LogP) is 5.72. The van der Waals surface area contributed by atoms with E-state index in [1.54, 1.807) is 44.2 Å². The predicted molar refractivity (Wildman–Crippen MR) is 149 cm³/mol. The fourth-order valence-electron chi connectivity index (χ4n) is 4.00. The lowest BCUT2D eigenvalue weighted by Crippen LogP contribution is -2.13. The molecule has 0 radical (unpaired) electrons. The lowest BCUT2D eigenvalue weighted by atomic mass is 10.0. The van der Waals surface area contributed by atoms with Gasteiger partial charge >= 0.3 is 10.2 Å². The number of carbonyl (C=O) groups is 1. The van der Waals surface area contributed by atoms with Crippen molar-refractivity contribution >= 4 is 56.8 Å². The van der Waals surface area contributed by atoms with Gasteiger partial charge in [0.1, 0.15) is 18.2 Å². The maximum Gasteiger partial charge on any atom is 0.332 e. The number of benzene rings is 3. The van der Waals surface area contributed by atoms with Gasteiger partial charge in [0.25, 0.3) is 5.91 Å². The summed E-state index contributed by atoms with van der Waals surface area (Å²) in [6, 6.07) is 13.1. The maximum absolute atomic E-state index is 13.3. The second kappa shape index (κ2) is 11.0. The molecule has 1 heterocycles. The highest BCUT2D eigenvalue weighted by Crippen LogP contribution is 2.35. The number of carbonyl (C=O) groups excluding carboxylic acids is 1. The molecule has 9 nitrogen and oxygen atoms in total. The van der Waals surface area contributed by atoms with Gasteiger partial charge in [-0.25, -0.2) is 4.98 Å². The van der Waals surface area contributed by atoms with Gasteiger partial charge in [-0.15, -0.1) is 3.89 Å². The number of halogens is 3. The molecule has 5 N–H and O–H groups in total. The normalized spacial score (nSPS) is 11.3. The van der Waals surface area contributed by atoms with E-state index in [1.165, 1.54) is 12.1 Å². The minimum Gasteiger partial charge on any atom is -0.487 e. The summed E-state index contributed by atoms with van der Waals surface area (Å²) in [5.41, 5.74) is 15.4. The van der Waals surface area contributed by atoms with E-state index in [0.717, 1.165) is 12.1 Å². The molecule has 4 rings (SSSR count). The van der Waals surface area contributed by atoms with Crippen molar-refractivity contribution in [2.24, 2.45) is 0 Å². The molecule has 39 heavy (non-hydrogen) atoms. The van der Waals surface area contributed by atoms with E-state index in [4.69, 9.17) is 39.4 Å². The van der Waals surface area contributed by atoms with E-state index in [2.05, 4.69) is 15.3 Å². The van der Waals surface area contributed by atoms with E-state index in [-0.39, 0.29) is 23.9 Å². The topological polar surface area (TPSA) is 150 Å². The number of nitrogens with two attached hydrogens (primary N) is 2. The second-order valence-electron chi connectivity index (χ2n) is 8.57. The van der Waals surface area contributed by atoms with Gasteiger partial charge in [-0.05, 0) is 73.0 Å². The first-order valence-electron chi connectivity index (χ1n) is 11.3. The summed E-state index contributed by atoms with van der Waals surface area (Å²) in [7, 11) is -4.94. The highest BCUT2D eigenvalue weighted by molar-refractivity contribution is 7.86. The van der Waals surface area contributed by atoms with Crippen LogP contribution in [0.5, 0.6) is 5.75 Å². The molecule has 3 aromatic carbocycles. The summed E-state index contributed by atoms with van der Waals surface area (Å²) < 4.78 is 41.8. The number of hydrogen-bond donors (Lipinski definition) is 3. The Hall–Kier alpha value is -3.93. The molecule has 0 saturated carbocycles. The third kappa shape index (κ3) is 6.39. The first-order chi connectivity index (χ1) is 18.3. The fraction of sp³-hybridized carbons (Fsp3) is 0.115. The number of anilines is 3. The maximum atomic E-state index is 13.3. The summed E-state index contributed by atoms with van der Waals surface area (Å²) in [6.07, 6.45) is 0. The highest BCUT2D eigenvalue weighted by Gasteiger charge is 2.18. The van der Waals surface area contributed by atoms with E-state index in [9.17, 15) is 17.1 Å². The molecular formula is C26H22Cl2FN5O4S. The molecule has 0 spiro atoms. The Balaban J connectivity index is 1.58. The van der Waals surface area contributed by atoms with Crippen molar-refractivity contribution in [3.63, 3.8) is 0 Å². The van der Waals surface area contributed by atoms with Gasteiger partial charge in [-0.2, -0.15) is 13.4 Å². The third-order valence-electron chi connectivity index (χ3n) is 5.69. The van der Waals surface area contributed by atoms with Crippen molar-refractivity contribution < 1.29 is 21.8 Å². The second-order valence-corrected chi connectivity index (χ2v) is 10.7. The van der Waals surface area contributed by atoms with Crippen molar-refractivity contribution in [3.05, 3.63) is 87.0 Å². The fourth-order valence-corrected chi connectivity index (χ4v) is 4.81. The monoisotopic (exact) mass is 589 g/mol. The molecule has 4 aromatic rings. The molecule has 1 amide bonds. The standard InChI is InChI=1S/C26H22Cl2FN5O4S/c1-13-8-17(32-25(35)16-4-3-5-18(10-16)39(29,36)37)9-14(2)23(13)38-12-21-22(24(30)34-26(31)33-21)15-6-7-19(27)20(28)11-15/h3-11H,12H2,1-2H3,(H,32,35)(H4,30,31,33,34). The molecule has 0 aliphatic carbocycles. The SMILES string of the molecule is Cc1cc(NC(=O)c2cccc(S(=O)(=O)F)c2)cc(C)c1OCc1nc(N)nc(N)c1-c1ccc(Cl)c(Cl)c1. The Morgan fingerprint density at radius 2 is 1.69 bits per heavy atom. The zero-order valence-electron chi connectivity index (χ0n) is 20.6. The summed E-state index contributed by atoms with van der Waals surface area (Å²) in [5.74, 6) is 0.0576. The van der Waals surface area contributed by atoms with Crippen molar-refractivity contribution in [2.45, 2.75) is 25.3 Å². The van der Waals surface area contributed by atoms with Crippen molar-refractivity contribution in [2.75, 3.05) is 16.8 Å². The van der Waals surface area contributed by atoms with Crippen LogP contribution < -0.4 is 21.5 Å². The quantitative estimate of drug-likeness (QED) is 0.231. The molecular weight excluding hydrogens is 568 g/mol. The number of ether oxygens (including phenoxy) is 1. The summed E-state index contributed by atoms with van der Waals surface area (Å²) >= 11 is 12.2. The van der Waals surface area contributed by atoms with Crippen LogP contribution in [0.3, 0.4) is 0 Å². The zero-order valence-corrected chi connectivity index (χ0v) is 23.0. The molecule has 0 aliphatic rings. The largest absolute Gasteiger partial charge is 0.487 e. The van der Waals surface area contributed by atoms with Crippen LogP contribution in [0.15, 0.2) is 59.5 Å². The van der Waals surface area contributed by atoms with Crippen LogP contribution in [0, 0.1) is 13.8 Å². The van der Waals surface area contributed by atoms with Gasteiger partial charge in [0.05, 0.1) is 20.6 Å². The average Bonchev–Trinajstić information content (AvgIpc) is 2.84. The number of nitrogens with one attached hydrogen (secondary N) is 1. The third-order valence-corrected chi connectivity index (χ3v) is 7.24. The van der Waals surface area contributed by atoms with Crippen molar-refractivity contribution in [1.29, 1.82) is 0 Å². The lowest BCUT2D eigenvalue weighted by molar-refractivity contribution is 0.102. The van der Waals surface area contributed by atoms with Gasteiger partial charge in [-0.1, -0.05) is 35.3 Å².